The highest BCUT2D eigenvalue weighted by Gasteiger charge is 2.46. The number of halogens is 3. The number of hydrogen-bond donors (Lipinski definition) is 1. The molecule has 0 atom stereocenters. The first-order chi connectivity index (χ1) is 6.39. The Bertz CT molecular complexity index is 342. The molecule has 0 amide bonds. The smallest absolute Gasteiger partial charge is 0.337 e. The standard InChI is InChI=1S/C7H8F3N3O/c8-7(9,10)3-4-12-5(14-13-4)6(11)1-2-6/h1-3,11H2. The van der Waals surface area contributed by atoms with Gasteiger partial charge in [-0.1, -0.05) is 5.16 Å². The highest BCUT2D eigenvalue weighted by atomic mass is 19.4. The van der Waals surface area contributed by atoms with Crippen LogP contribution in [0.15, 0.2) is 4.52 Å². The predicted molar refractivity (Wildman–Crippen MR) is 39.2 cm³/mol. The van der Waals surface area contributed by atoms with Crippen molar-refractivity contribution >= 4 is 0 Å². The Labute approximate surface area is 77.3 Å². The van der Waals surface area contributed by atoms with Crippen molar-refractivity contribution in [1.29, 1.82) is 0 Å². The molecule has 0 saturated heterocycles. The van der Waals surface area contributed by atoms with Crippen LogP contribution in [0.1, 0.15) is 24.6 Å². The number of nitrogens with two attached hydrogens (primary N) is 1. The minimum atomic E-state index is -4.31. The summed E-state index contributed by atoms with van der Waals surface area (Å²) in [5.74, 6) is -0.249. The van der Waals surface area contributed by atoms with Crippen LogP contribution in [0, 0.1) is 0 Å². The van der Waals surface area contributed by atoms with E-state index in [0.717, 1.165) is 0 Å². The maximum absolute atomic E-state index is 11.9. The molecule has 0 bridgehead atoms. The molecular weight excluding hydrogens is 199 g/mol. The Morgan fingerprint density at radius 2 is 2.07 bits per heavy atom. The molecule has 0 unspecified atom stereocenters. The number of nitrogens with zero attached hydrogens (tertiary/aromatic N) is 2. The van der Waals surface area contributed by atoms with Crippen LogP contribution in [0.4, 0.5) is 13.2 Å². The van der Waals surface area contributed by atoms with Crippen molar-refractivity contribution in [1.82, 2.24) is 10.1 Å². The maximum Gasteiger partial charge on any atom is 0.396 e. The van der Waals surface area contributed by atoms with Gasteiger partial charge in [-0.15, -0.1) is 0 Å². The van der Waals surface area contributed by atoms with Gasteiger partial charge in [0.15, 0.2) is 5.82 Å². The molecular formula is C7H8F3N3O. The summed E-state index contributed by atoms with van der Waals surface area (Å²) in [7, 11) is 0. The van der Waals surface area contributed by atoms with Gasteiger partial charge in [0.25, 0.3) is 0 Å². The van der Waals surface area contributed by atoms with E-state index in [9.17, 15) is 13.2 Å². The second kappa shape index (κ2) is 2.69. The molecule has 2 N–H and O–H groups in total. The third kappa shape index (κ3) is 1.87. The van der Waals surface area contributed by atoms with Gasteiger partial charge in [-0.3, -0.25) is 0 Å². The number of hydrogen-bond acceptors (Lipinski definition) is 4. The number of rotatable bonds is 2. The minimum Gasteiger partial charge on any atom is -0.337 e. The lowest BCUT2D eigenvalue weighted by Crippen LogP contribution is -2.19. The summed E-state index contributed by atoms with van der Waals surface area (Å²) in [5.41, 5.74) is 5.00. The van der Waals surface area contributed by atoms with Crippen LogP contribution < -0.4 is 5.73 Å². The molecule has 1 aromatic rings. The maximum atomic E-state index is 11.9. The first-order valence-electron chi connectivity index (χ1n) is 4.08. The highest BCUT2D eigenvalue weighted by molar-refractivity contribution is 5.11. The average molecular weight is 207 g/mol. The van der Waals surface area contributed by atoms with Gasteiger partial charge >= 0.3 is 6.18 Å². The molecule has 1 heterocycles. The highest BCUT2D eigenvalue weighted by Crippen LogP contribution is 2.41. The largest absolute Gasteiger partial charge is 0.396 e. The predicted octanol–water partition coefficient (Wildman–Crippen LogP) is 1.12. The Hall–Kier alpha value is -1.11. The molecule has 78 valence electrons. The van der Waals surface area contributed by atoms with Crippen molar-refractivity contribution < 1.29 is 17.7 Å². The van der Waals surface area contributed by atoms with E-state index in [-0.39, 0.29) is 11.7 Å². The molecule has 1 saturated carbocycles. The van der Waals surface area contributed by atoms with Crippen molar-refractivity contribution in [3.8, 4) is 0 Å². The van der Waals surface area contributed by atoms with Crippen molar-refractivity contribution in [2.24, 2.45) is 5.73 Å². The Morgan fingerprint density at radius 3 is 2.57 bits per heavy atom. The number of aromatic nitrogens is 2. The SMILES string of the molecule is NC1(c2nc(CC(F)(F)F)no2)CC1. The van der Waals surface area contributed by atoms with Crippen molar-refractivity contribution in [3.63, 3.8) is 0 Å². The molecule has 2 rings (SSSR count). The molecule has 7 heteroatoms. The Kier molecular flexibility index (Phi) is 1.82. The zero-order valence-electron chi connectivity index (χ0n) is 7.14. The fourth-order valence-electron chi connectivity index (χ4n) is 1.06. The first-order valence-corrected chi connectivity index (χ1v) is 4.08. The van der Waals surface area contributed by atoms with E-state index in [0.29, 0.717) is 12.8 Å². The van der Waals surface area contributed by atoms with Crippen LogP contribution in [-0.4, -0.2) is 16.3 Å². The summed E-state index contributed by atoms with van der Waals surface area (Å²) in [5, 5.41) is 3.22. The third-order valence-corrected chi connectivity index (χ3v) is 2.04. The lowest BCUT2D eigenvalue weighted by molar-refractivity contribution is -0.128. The van der Waals surface area contributed by atoms with E-state index in [4.69, 9.17) is 5.73 Å². The van der Waals surface area contributed by atoms with E-state index < -0.39 is 18.1 Å². The van der Waals surface area contributed by atoms with Gasteiger partial charge in [0, 0.05) is 0 Å². The Morgan fingerprint density at radius 1 is 1.43 bits per heavy atom. The van der Waals surface area contributed by atoms with Crippen molar-refractivity contribution in [2.75, 3.05) is 0 Å². The second-order valence-corrected chi connectivity index (χ2v) is 3.46. The zero-order valence-corrected chi connectivity index (χ0v) is 7.14. The summed E-state index contributed by atoms with van der Waals surface area (Å²) in [6.45, 7) is 0. The Balaban J connectivity index is 2.11. The summed E-state index contributed by atoms with van der Waals surface area (Å²) in [6, 6.07) is 0. The molecule has 1 aliphatic carbocycles. The minimum absolute atomic E-state index is 0.108. The molecule has 0 radical (unpaired) electrons. The van der Waals surface area contributed by atoms with Crippen LogP contribution >= 0.6 is 0 Å². The van der Waals surface area contributed by atoms with Crippen molar-refractivity contribution in [3.05, 3.63) is 11.7 Å². The number of alkyl halides is 3. The van der Waals surface area contributed by atoms with Gasteiger partial charge in [0.05, 0.1) is 5.54 Å². The van der Waals surface area contributed by atoms with E-state index in [1.165, 1.54) is 0 Å². The third-order valence-electron chi connectivity index (χ3n) is 2.04. The van der Waals surface area contributed by atoms with Crippen molar-refractivity contribution in [2.45, 2.75) is 31.0 Å². The topological polar surface area (TPSA) is 64.9 Å². The molecule has 1 aliphatic rings. The van der Waals surface area contributed by atoms with E-state index >= 15 is 0 Å². The first kappa shape index (κ1) is 9.45. The zero-order chi connectivity index (χ0) is 10.4. The fourth-order valence-corrected chi connectivity index (χ4v) is 1.06. The molecule has 0 aromatic carbocycles. The van der Waals surface area contributed by atoms with E-state index in [2.05, 4.69) is 14.7 Å². The van der Waals surface area contributed by atoms with Crippen LogP contribution in [0.2, 0.25) is 0 Å². The quantitative estimate of drug-likeness (QED) is 0.789. The molecule has 1 fully saturated rings. The van der Waals surface area contributed by atoms with Gasteiger partial charge in [0.2, 0.25) is 5.89 Å². The fraction of sp³-hybridized carbons (Fsp3) is 0.714. The van der Waals surface area contributed by atoms with Gasteiger partial charge < -0.3 is 10.3 Å². The van der Waals surface area contributed by atoms with Gasteiger partial charge in [-0.05, 0) is 12.8 Å². The molecule has 0 spiro atoms. The molecule has 14 heavy (non-hydrogen) atoms. The van der Waals surface area contributed by atoms with E-state index in [1.807, 2.05) is 0 Å². The van der Waals surface area contributed by atoms with Gasteiger partial charge in [0.1, 0.15) is 6.42 Å². The molecule has 0 aliphatic heterocycles. The second-order valence-electron chi connectivity index (χ2n) is 3.46. The summed E-state index contributed by atoms with van der Waals surface area (Å²) in [6.07, 6.45) is -4.12. The summed E-state index contributed by atoms with van der Waals surface area (Å²) in [4.78, 5) is 3.61. The van der Waals surface area contributed by atoms with Crippen LogP contribution in [0.5, 0.6) is 0 Å². The monoisotopic (exact) mass is 207 g/mol. The lowest BCUT2D eigenvalue weighted by atomic mass is 10.3. The lowest BCUT2D eigenvalue weighted by Gasteiger charge is -2.00. The van der Waals surface area contributed by atoms with Gasteiger partial charge in [-0.25, -0.2) is 0 Å². The molecule has 1 aromatic heterocycles. The van der Waals surface area contributed by atoms with Gasteiger partial charge in [-0.2, -0.15) is 18.2 Å². The summed E-state index contributed by atoms with van der Waals surface area (Å²) < 4.78 is 40.4. The summed E-state index contributed by atoms with van der Waals surface area (Å²) >= 11 is 0. The van der Waals surface area contributed by atoms with Crippen LogP contribution in [0.3, 0.4) is 0 Å². The van der Waals surface area contributed by atoms with E-state index in [1.54, 1.807) is 0 Å². The van der Waals surface area contributed by atoms with Crippen LogP contribution in [0.25, 0.3) is 0 Å². The normalized spacial score (nSPS) is 19.7. The average Bonchev–Trinajstić information content (AvgIpc) is 2.60. The van der Waals surface area contributed by atoms with Crippen LogP contribution in [-0.2, 0) is 12.0 Å². The molecule has 4 nitrogen and oxygen atoms in total.